The summed E-state index contributed by atoms with van der Waals surface area (Å²) in [6.07, 6.45) is 0. The van der Waals surface area contributed by atoms with Crippen molar-refractivity contribution in [3.63, 3.8) is 0 Å². The summed E-state index contributed by atoms with van der Waals surface area (Å²) in [6, 6.07) is 6.00. The molecule has 2 amide bonds. The van der Waals surface area contributed by atoms with Crippen LogP contribution in [0.1, 0.15) is 11.1 Å². The summed E-state index contributed by atoms with van der Waals surface area (Å²) in [5.41, 5.74) is 2.17. The van der Waals surface area contributed by atoms with E-state index in [1.54, 1.807) is 4.90 Å². The van der Waals surface area contributed by atoms with Gasteiger partial charge in [-0.3, -0.25) is 9.59 Å². The van der Waals surface area contributed by atoms with E-state index in [-0.39, 0.29) is 17.6 Å². The summed E-state index contributed by atoms with van der Waals surface area (Å²) >= 11 is 1.34. The van der Waals surface area contributed by atoms with Crippen LogP contribution in [-0.2, 0) is 14.3 Å². The lowest BCUT2D eigenvalue weighted by atomic mass is 10.1. The van der Waals surface area contributed by atoms with Gasteiger partial charge in [0.05, 0.1) is 31.3 Å². The Kier molecular flexibility index (Phi) is 8.08. The lowest BCUT2D eigenvalue weighted by molar-refractivity contribution is -0.132. The van der Waals surface area contributed by atoms with Gasteiger partial charge in [-0.25, -0.2) is 0 Å². The first-order chi connectivity index (χ1) is 12.1. The molecule has 1 fully saturated rings. The van der Waals surface area contributed by atoms with Crippen LogP contribution in [-0.4, -0.2) is 67.7 Å². The average molecular weight is 366 g/mol. The highest BCUT2D eigenvalue weighted by Crippen LogP contribution is 2.21. The van der Waals surface area contributed by atoms with E-state index in [9.17, 15) is 9.59 Å². The minimum absolute atomic E-state index is 0.0689. The Bertz CT molecular complexity index is 568. The Balaban J connectivity index is 1.57. The molecule has 1 aromatic rings. The van der Waals surface area contributed by atoms with Crippen molar-refractivity contribution in [3.8, 4) is 5.75 Å². The van der Waals surface area contributed by atoms with Gasteiger partial charge < -0.3 is 19.7 Å². The molecule has 1 aliphatic rings. The van der Waals surface area contributed by atoms with Crippen LogP contribution < -0.4 is 10.1 Å². The number of para-hydroxylation sites is 1. The highest BCUT2D eigenvalue weighted by Gasteiger charge is 2.16. The quantitative estimate of drug-likeness (QED) is 0.704. The minimum atomic E-state index is -0.0788. The molecule has 0 aliphatic carbocycles. The van der Waals surface area contributed by atoms with Gasteiger partial charge in [-0.15, -0.1) is 11.8 Å². The number of carbonyl (C=O) groups is 2. The third-order valence-corrected chi connectivity index (χ3v) is 4.82. The smallest absolute Gasteiger partial charge is 0.232 e. The maximum atomic E-state index is 12.0. The number of benzene rings is 1. The Morgan fingerprint density at radius 3 is 2.56 bits per heavy atom. The Morgan fingerprint density at radius 1 is 1.20 bits per heavy atom. The number of nitrogens with zero attached hydrogens (tertiary/aromatic N) is 1. The molecule has 0 bridgehead atoms. The number of amides is 2. The molecule has 7 heteroatoms. The summed E-state index contributed by atoms with van der Waals surface area (Å²) in [6.45, 7) is 7.35. The van der Waals surface area contributed by atoms with Gasteiger partial charge in [0.2, 0.25) is 11.8 Å². The van der Waals surface area contributed by atoms with Crippen molar-refractivity contribution in [3.05, 3.63) is 29.3 Å². The molecule has 1 heterocycles. The van der Waals surface area contributed by atoms with Crippen molar-refractivity contribution in [1.29, 1.82) is 0 Å². The molecule has 1 N–H and O–H groups in total. The maximum Gasteiger partial charge on any atom is 0.232 e. The predicted molar refractivity (Wildman–Crippen MR) is 99.1 cm³/mol. The first-order valence-electron chi connectivity index (χ1n) is 8.47. The van der Waals surface area contributed by atoms with Crippen molar-refractivity contribution < 1.29 is 19.1 Å². The highest BCUT2D eigenvalue weighted by atomic mass is 32.2. The first kappa shape index (κ1) is 19.6. The van der Waals surface area contributed by atoms with Crippen LogP contribution in [0.2, 0.25) is 0 Å². The van der Waals surface area contributed by atoms with E-state index in [2.05, 4.69) is 5.32 Å². The number of aryl methyl sites for hydroxylation is 2. The second-order valence-corrected chi connectivity index (χ2v) is 6.89. The van der Waals surface area contributed by atoms with Crippen molar-refractivity contribution in [2.75, 3.05) is 51.0 Å². The topological polar surface area (TPSA) is 67.9 Å². The van der Waals surface area contributed by atoms with Crippen LogP contribution in [0.5, 0.6) is 5.75 Å². The number of morpholine rings is 1. The van der Waals surface area contributed by atoms with Gasteiger partial charge in [0.1, 0.15) is 12.4 Å². The fraction of sp³-hybridized carbons (Fsp3) is 0.556. The lowest BCUT2D eigenvalue weighted by Crippen LogP contribution is -2.41. The second kappa shape index (κ2) is 10.3. The second-order valence-electron chi connectivity index (χ2n) is 5.91. The Hall–Kier alpha value is -1.73. The zero-order chi connectivity index (χ0) is 18.1. The molecule has 0 saturated carbocycles. The molecule has 1 saturated heterocycles. The zero-order valence-corrected chi connectivity index (χ0v) is 15.7. The molecule has 0 aromatic heterocycles. The van der Waals surface area contributed by atoms with E-state index in [0.29, 0.717) is 45.2 Å². The van der Waals surface area contributed by atoms with Crippen molar-refractivity contribution >= 4 is 23.6 Å². The normalized spacial score (nSPS) is 14.2. The molecular weight excluding hydrogens is 340 g/mol. The number of hydrogen-bond donors (Lipinski definition) is 1. The SMILES string of the molecule is Cc1cccc(C)c1OCCNC(=O)CSCC(=O)N1CCOCC1. The molecule has 2 rings (SSSR count). The van der Waals surface area contributed by atoms with Gasteiger partial charge in [0.25, 0.3) is 0 Å². The van der Waals surface area contributed by atoms with E-state index in [1.165, 1.54) is 11.8 Å². The molecule has 0 radical (unpaired) electrons. The molecule has 6 nitrogen and oxygen atoms in total. The van der Waals surface area contributed by atoms with Crippen LogP contribution in [0.15, 0.2) is 18.2 Å². The Labute approximate surface area is 153 Å². The van der Waals surface area contributed by atoms with Crippen LogP contribution >= 0.6 is 11.8 Å². The number of nitrogens with one attached hydrogen (secondary N) is 1. The molecule has 0 spiro atoms. The van der Waals surface area contributed by atoms with Crippen molar-refractivity contribution in [2.24, 2.45) is 0 Å². The summed E-state index contributed by atoms with van der Waals surface area (Å²) in [4.78, 5) is 25.6. The van der Waals surface area contributed by atoms with Gasteiger partial charge >= 0.3 is 0 Å². The molecule has 1 aromatic carbocycles. The summed E-state index contributed by atoms with van der Waals surface area (Å²) in [5, 5.41) is 2.82. The first-order valence-corrected chi connectivity index (χ1v) is 9.62. The van der Waals surface area contributed by atoms with E-state index >= 15 is 0 Å². The highest BCUT2D eigenvalue weighted by molar-refractivity contribution is 8.00. The van der Waals surface area contributed by atoms with Gasteiger partial charge in [-0.2, -0.15) is 0 Å². The van der Waals surface area contributed by atoms with Gasteiger partial charge in [-0.05, 0) is 25.0 Å². The molecule has 25 heavy (non-hydrogen) atoms. The average Bonchev–Trinajstić information content (AvgIpc) is 2.61. The minimum Gasteiger partial charge on any atom is -0.491 e. The van der Waals surface area contributed by atoms with Crippen LogP contribution in [0.4, 0.5) is 0 Å². The standard InChI is InChI=1S/C18H26N2O4S/c1-14-4-3-5-15(2)18(14)24-9-6-19-16(21)12-25-13-17(22)20-7-10-23-11-8-20/h3-5H,6-13H2,1-2H3,(H,19,21). The molecule has 138 valence electrons. The van der Waals surface area contributed by atoms with Gasteiger partial charge in [-0.1, -0.05) is 18.2 Å². The van der Waals surface area contributed by atoms with Crippen molar-refractivity contribution in [1.82, 2.24) is 10.2 Å². The lowest BCUT2D eigenvalue weighted by Gasteiger charge is -2.26. The third kappa shape index (κ3) is 6.59. The molecule has 0 atom stereocenters. The summed E-state index contributed by atoms with van der Waals surface area (Å²) < 4.78 is 11.0. The number of ether oxygens (including phenoxy) is 2. The third-order valence-electron chi connectivity index (χ3n) is 3.90. The monoisotopic (exact) mass is 366 g/mol. The number of hydrogen-bond acceptors (Lipinski definition) is 5. The predicted octanol–water partition coefficient (Wildman–Crippen LogP) is 1.39. The fourth-order valence-corrected chi connectivity index (χ4v) is 3.30. The van der Waals surface area contributed by atoms with Crippen LogP contribution in [0.3, 0.4) is 0 Å². The van der Waals surface area contributed by atoms with Crippen LogP contribution in [0, 0.1) is 13.8 Å². The maximum absolute atomic E-state index is 12.0. The summed E-state index contributed by atoms with van der Waals surface area (Å²) in [7, 11) is 0. The molecule has 0 unspecified atom stereocenters. The number of carbonyl (C=O) groups excluding carboxylic acids is 2. The largest absolute Gasteiger partial charge is 0.491 e. The molecule has 1 aliphatic heterocycles. The van der Waals surface area contributed by atoms with E-state index in [0.717, 1.165) is 16.9 Å². The van der Waals surface area contributed by atoms with Crippen molar-refractivity contribution in [2.45, 2.75) is 13.8 Å². The molecular formula is C18H26N2O4S. The van der Waals surface area contributed by atoms with Gasteiger partial charge in [0.15, 0.2) is 0 Å². The number of rotatable bonds is 8. The van der Waals surface area contributed by atoms with Gasteiger partial charge in [0, 0.05) is 13.1 Å². The van der Waals surface area contributed by atoms with E-state index < -0.39 is 0 Å². The summed E-state index contributed by atoms with van der Waals surface area (Å²) in [5.74, 6) is 1.47. The number of thioether (sulfide) groups is 1. The zero-order valence-electron chi connectivity index (χ0n) is 14.9. The Morgan fingerprint density at radius 2 is 1.88 bits per heavy atom. The van der Waals surface area contributed by atoms with E-state index in [1.807, 2.05) is 32.0 Å². The fourth-order valence-electron chi connectivity index (χ4n) is 2.56. The van der Waals surface area contributed by atoms with E-state index in [4.69, 9.17) is 9.47 Å². The van der Waals surface area contributed by atoms with Crippen LogP contribution in [0.25, 0.3) is 0 Å².